The van der Waals surface area contributed by atoms with Crippen LogP contribution in [0.25, 0.3) is 0 Å². The van der Waals surface area contributed by atoms with Gasteiger partial charge in [-0.15, -0.1) is 0 Å². The topological polar surface area (TPSA) is 59.9 Å². The van der Waals surface area contributed by atoms with Crippen LogP contribution in [-0.4, -0.2) is 21.4 Å². The highest BCUT2D eigenvalue weighted by atomic mass is 16.5. The second-order valence-electron chi connectivity index (χ2n) is 2.98. The van der Waals surface area contributed by atoms with Crippen molar-refractivity contribution in [3.63, 3.8) is 0 Å². The summed E-state index contributed by atoms with van der Waals surface area (Å²) in [6.45, 7) is 0.867. The third-order valence-electron chi connectivity index (χ3n) is 1.93. The molecular formula is C10H11N3O2. The number of nitrogens with zero attached hydrogens (tertiary/aromatic N) is 2. The molecule has 0 amide bonds. The molecular weight excluding hydrogens is 194 g/mol. The fraction of sp³-hybridized carbons (Fsp3) is 0.200. The maximum Gasteiger partial charge on any atom is 0.343 e. The number of aromatic amines is 1. The normalized spacial score (nSPS) is 10.1. The number of hydrogen-bond donors (Lipinski definition) is 1. The van der Waals surface area contributed by atoms with Crippen LogP contribution in [0.15, 0.2) is 41.5 Å². The van der Waals surface area contributed by atoms with Crippen molar-refractivity contribution in [3.05, 3.63) is 47.1 Å². The Labute approximate surface area is 86.3 Å². The zero-order valence-electron chi connectivity index (χ0n) is 8.09. The average Bonchev–Trinajstić information content (AvgIpc) is 2.66. The van der Waals surface area contributed by atoms with Crippen LogP contribution in [0.5, 0.6) is 5.75 Å². The Hall–Kier alpha value is -2.04. The number of aromatic nitrogens is 3. The second-order valence-corrected chi connectivity index (χ2v) is 2.98. The molecule has 5 nitrogen and oxygen atoms in total. The van der Waals surface area contributed by atoms with Gasteiger partial charge in [0.05, 0.1) is 6.54 Å². The van der Waals surface area contributed by atoms with Crippen molar-refractivity contribution in [1.29, 1.82) is 0 Å². The molecule has 0 radical (unpaired) electrons. The van der Waals surface area contributed by atoms with Crippen molar-refractivity contribution in [2.45, 2.75) is 6.54 Å². The summed E-state index contributed by atoms with van der Waals surface area (Å²) >= 11 is 0. The minimum absolute atomic E-state index is 0.216. The van der Waals surface area contributed by atoms with Crippen LogP contribution in [0.3, 0.4) is 0 Å². The molecule has 2 aromatic rings. The molecule has 78 valence electrons. The van der Waals surface area contributed by atoms with Gasteiger partial charge in [0, 0.05) is 0 Å². The van der Waals surface area contributed by atoms with Crippen molar-refractivity contribution in [2.75, 3.05) is 6.61 Å². The minimum atomic E-state index is -0.216. The van der Waals surface area contributed by atoms with Crippen molar-refractivity contribution in [3.8, 4) is 5.75 Å². The number of ether oxygens (including phenoxy) is 1. The van der Waals surface area contributed by atoms with Crippen LogP contribution in [0, 0.1) is 0 Å². The van der Waals surface area contributed by atoms with Crippen LogP contribution in [0.1, 0.15) is 0 Å². The summed E-state index contributed by atoms with van der Waals surface area (Å²) in [6.07, 6.45) is 1.37. The van der Waals surface area contributed by atoms with Gasteiger partial charge in [0.1, 0.15) is 18.7 Å². The predicted octanol–water partition coefficient (Wildman–Crippen LogP) is 0.650. The summed E-state index contributed by atoms with van der Waals surface area (Å²) in [5.74, 6) is 0.793. The second kappa shape index (κ2) is 4.45. The van der Waals surface area contributed by atoms with Crippen LogP contribution in [0.4, 0.5) is 0 Å². The van der Waals surface area contributed by atoms with Crippen LogP contribution in [-0.2, 0) is 6.54 Å². The van der Waals surface area contributed by atoms with Gasteiger partial charge in [-0.3, -0.25) is 4.98 Å². The lowest BCUT2D eigenvalue weighted by molar-refractivity contribution is 0.289. The lowest BCUT2D eigenvalue weighted by Gasteiger charge is -2.04. The first-order chi connectivity index (χ1) is 7.36. The monoisotopic (exact) mass is 205 g/mol. The van der Waals surface area contributed by atoms with Crippen molar-refractivity contribution in [1.82, 2.24) is 14.8 Å². The SMILES string of the molecule is O=c1[nH]cnn1CCOc1ccccc1. The first-order valence-electron chi connectivity index (χ1n) is 4.64. The molecule has 0 atom stereocenters. The summed E-state index contributed by atoms with van der Waals surface area (Å²) in [5, 5.41) is 3.82. The van der Waals surface area contributed by atoms with Gasteiger partial charge in [0.25, 0.3) is 0 Å². The minimum Gasteiger partial charge on any atom is -0.492 e. The molecule has 0 saturated heterocycles. The molecule has 2 rings (SSSR count). The van der Waals surface area contributed by atoms with Gasteiger partial charge < -0.3 is 4.74 Å². The van der Waals surface area contributed by atoms with E-state index in [0.29, 0.717) is 13.2 Å². The Balaban J connectivity index is 1.86. The highest BCUT2D eigenvalue weighted by molar-refractivity contribution is 5.20. The molecule has 0 saturated carbocycles. The Kier molecular flexibility index (Phi) is 2.82. The van der Waals surface area contributed by atoms with E-state index in [2.05, 4.69) is 10.1 Å². The summed E-state index contributed by atoms with van der Waals surface area (Å²) in [5.41, 5.74) is -0.216. The maximum absolute atomic E-state index is 11.1. The van der Waals surface area contributed by atoms with Gasteiger partial charge in [-0.1, -0.05) is 18.2 Å². The molecule has 0 aliphatic rings. The molecule has 0 aliphatic carbocycles. The molecule has 0 unspecified atom stereocenters. The quantitative estimate of drug-likeness (QED) is 0.797. The Morgan fingerprint density at radius 1 is 1.33 bits per heavy atom. The van der Waals surface area contributed by atoms with Crippen molar-refractivity contribution >= 4 is 0 Å². The average molecular weight is 205 g/mol. The molecule has 1 heterocycles. The summed E-state index contributed by atoms with van der Waals surface area (Å²) < 4.78 is 6.74. The van der Waals surface area contributed by atoms with Gasteiger partial charge in [0.2, 0.25) is 0 Å². The number of para-hydroxylation sites is 1. The largest absolute Gasteiger partial charge is 0.492 e. The molecule has 1 aromatic heterocycles. The zero-order valence-corrected chi connectivity index (χ0v) is 8.09. The van der Waals surface area contributed by atoms with Gasteiger partial charge >= 0.3 is 5.69 Å². The van der Waals surface area contributed by atoms with E-state index >= 15 is 0 Å². The number of nitrogens with one attached hydrogen (secondary N) is 1. The van der Waals surface area contributed by atoms with Crippen molar-refractivity contribution < 1.29 is 4.74 Å². The Morgan fingerprint density at radius 2 is 2.13 bits per heavy atom. The Bertz CT molecular complexity index is 461. The van der Waals surface area contributed by atoms with Gasteiger partial charge in [-0.05, 0) is 12.1 Å². The third-order valence-corrected chi connectivity index (χ3v) is 1.93. The first kappa shape index (κ1) is 9.51. The van der Waals surface area contributed by atoms with Crippen LogP contribution >= 0.6 is 0 Å². The summed E-state index contributed by atoms with van der Waals surface area (Å²) in [6, 6.07) is 9.46. The van der Waals surface area contributed by atoms with E-state index in [1.807, 2.05) is 30.3 Å². The Morgan fingerprint density at radius 3 is 2.80 bits per heavy atom. The molecule has 0 bridgehead atoms. The van der Waals surface area contributed by atoms with Gasteiger partial charge in [-0.25, -0.2) is 9.48 Å². The molecule has 0 spiro atoms. The molecule has 5 heteroatoms. The molecule has 1 aromatic carbocycles. The fourth-order valence-corrected chi connectivity index (χ4v) is 1.21. The molecule has 1 N–H and O–H groups in total. The van der Waals surface area contributed by atoms with E-state index < -0.39 is 0 Å². The number of hydrogen-bond acceptors (Lipinski definition) is 3. The van der Waals surface area contributed by atoms with E-state index in [1.165, 1.54) is 11.0 Å². The maximum atomic E-state index is 11.1. The van der Waals surface area contributed by atoms with Crippen LogP contribution < -0.4 is 10.4 Å². The van der Waals surface area contributed by atoms with E-state index in [9.17, 15) is 4.79 Å². The van der Waals surface area contributed by atoms with E-state index in [0.717, 1.165) is 5.75 Å². The molecule has 15 heavy (non-hydrogen) atoms. The van der Waals surface area contributed by atoms with E-state index in [-0.39, 0.29) is 5.69 Å². The van der Waals surface area contributed by atoms with E-state index in [1.54, 1.807) is 0 Å². The number of benzene rings is 1. The number of rotatable bonds is 4. The highest BCUT2D eigenvalue weighted by Crippen LogP contribution is 2.07. The van der Waals surface area contributed by atoms with Gasteiger partial charge in [-0.2, -0.15) is 5.10 Å². The lowest BCUT2D eigenvalue weighted by Crippen LogP contribution is -2.21. The molecule has 0 aliphatic heterocycles. The van der Waals surface area contributed by atoms with Crippen LogP contribution in [0.2, 0.25) is 0 Å². The molecule has 0 fully saturated rings. The number of H-pyrrole nitrogens is 1. The fourth-order valence-electron chi connectivity index (χ4n) is 1.21. The standard InChI is InChI=1S/C10H11N3O2/c14-10-11-8-12-13(10)6-7-15-9-4-2-1-3-5-9/h1-5,8H,6-7H2,(H,11,12,14). The van der Waals surface area contributed by atoms with E-state index in [4.69, 9.17) is 4.74 Å². The summed E-state index contributed by atoms with van der Waals surface area (Å²) in [7, 11) is 0. The lowest BCUT2D eigenvalue weighted by atomic mass is 10.3. The smallest absolute Gasteiger partial charge is 0.343 e. The summed E-state index contributed by atoms with van der Waals surface area (Å²) in [4.78, 5) is 13.5. The van der Waals surface area contributed by atoms with Crippen molar-refractivity contribution in [2.24, 2.45) is 0 Å². The zero-order chi connectivity index (χ0) is 10.5. The van der Waals surface area contributed by atoms with Gasteiger partial charge in [0.15, 0.2) is 0 Å². The predicted molar refractivity (Wildman–Crippen MR) is 54.8 cm³/mol. The highest BCUT2D eigenvalue weighted by Gasteiger charge is 1.97. The third kappa shape index (κ3) is 2.46. The first-order valence-corrected chi connectivity index (χ1v) is 4.64.